The molecule has 19 heavy (non-hydrogen) atoms. The summed E-state index contributed by atoms with van der Waals surface area (Å²) in [4.78, 5) is 4.05. The number of hydrazine groups is 1. The summed E-state index contributed by atoms with van der Waals surface area (Å²) in [5, 5.41) is 3.74. The normalized spacial score (nSPS) is 11.6. The molecule has 0 saturated heterocycles. The smallest absolute Gasteiger partial charge is 0.308 e. The highest BCUT2D eigenvalue weighted by molar-refractivity contribution is 6.31. The summed E-state index contributed by atoms with van der Waals surface area (Å²) < 4.78 is 38.3. The molecule has 9 heteroatoms. The first-order chi connectivity index (χ1) is 8.90. The second-order valence-corrected chi connectivity index (χ2v) is 4.07. The first-order valence-corrected chi connectivity index (χ1v) is 5.50. The SMILES string of the molecule is NNc1ccc(Cl)c(Cn2ccc(C(F)(F)F)n2)n1. The quantitative estimate of drug-likeness (QED) is 0.672. The maximum atomic E-state index is 12.4. The molecule has 2 heterocycles. The Labute approximate surface area is 111 Å². The molecule has 0 atom stereocenters. The minimum Gasteiger partial charge on any atom is -0.308 e. The number of nitrogens with zero attached hydrogens (tertiary/aromatic N) is 3. The van der Waals surface area contributed by atoms with Crippen molar-refractivity contribution in [3.8, 4) is 0 Å². The van der Waals surface area contributed by atoms with E-state index in [1.807, 2.05) is 0 Å². The van der Waals surface area contributed by atoms with E-state index in [1.54, 1.807) is 12.1 Å². The van der Waals surface area contributed by atoms with E-state index < -0.39 is 11.9 Å². The standard InChI is InChI=1S/C10H9ClF3N5/c11-6-1-2-9(17-15)16-7(6)5-19-4-3-8(18-19)10(12,13)14/h1-4H,5,15H2,(H,16,17). The van der Waals surface area contributed by atoms with Crippen LogP contribution in [0.3, 0.4) is 0 Å². The molecular formula is C10H9ClF3N5. The summed E-state index contributed by atoms with van der Waals surface area (Å²) in [5.41, 5.74) is 1.74. The van der Waals surface area contributed by atoms with Crippen molar-refractivity contribution in [3.05, 3.63) is 40.8 Å². The van der Waals surface area contributed by atoms with E-state index in [1.165, 1.54) is 6.20 Å². The summed E-state index contributed by atoms with van der Waals surface area (Å²) in [5.74, 6) is 5.56. The van der Waals surface area contributed by atoms with Crippen LogP contribution in [-0.2, 0) is 12.7 Å². The van der Waals surface area contributed by atoms with E-state index in [2.05, 4.69) is 15.5 Å². The van der Waals surface area contributed by atoms with E-state index >= 15 is 0 Å². The molecule has 0 aliphatic rings. The number of hydrogen-bond acceptors (Lipinski definition) is 4. The van der Waals surface area contributed by atoms with Gasteiger partial charge in [-0.1, -0.05) is 11.6 Å². The van der Waals surface area contributed by atoms with Crippen LogP contribution in [0.25, 0.3) is 0 Å². The Morgan fingerprint density at radius 3 is 2.63 bits per heavy atom. The first kappa shape index (κ1) is 13.6. The van der Waals surface area contributed by atoms with E-state index in [-0.39, 0.29) is 6.54 Å². The zero-order chi connectivity index (χ0) is 14.0. The molecule has 3 N–H and O–H groups in total. The van der Waals surface area contributed by atoms with Crippen molar-refractivity contribution in [2.45, 2.75) is 12.7 Å². The summed E-state index contributed by atoms with van der Waals surface area (Å²) >= 11 is 5.91. The Morgan fingerprint density at radius 2 is 2.05 bits per heavy atom. The number of aromatic nitrogens is 3. The largest absolute Gasteiger partial charge is 0.435 e. The fourth-order valence-electron chi connectivity index (χ4n) is 1.43. The summed E-state index contributed by atoms with van der Waals surface area (Å²) in [6.07, 6.45) is -3.26. The van der Waals surface area contributed by atoms with Gasteiger partial charge in [-0.2, -0.15) is 18.3 Å². The summed E-state index contributed by atoms with van der Waals surface area (Å²) in [6, 6.07) is 3.99. The number of rotatable bonds is 3. The third kappa shape index (κ3) is 3.15. The fourth-order valence-corrected chi connectivity index (χ4v) is 1.60. The zero-order valence-electron chi connectivity index (χ0n) is 9.45. The van der Waals surface area contributed by atoms with Crippen LogP contribution in [0.5, 0.6) is 0 Å². The third-order valence-electron chi connectivity index (χ3n) is 2.31. The van der Waals surface area contributed by atoms with Gasteiger partial charge in [0.2, 0.25) is 0 Å². The Morgan fingerprint density at radius 1 is 1.32 bits per heavy atom. The minimum atomic E-state index is -4.47. The van der Waals surface area contributed by atoms with E-state index in [0.717, 1.165) is 10.7 Å². The van der Waals surface area contributed by atoms with Crippen LogP contribution in [0, 0.1) is 0 Å². The molecule has 0 spiro atoms. The van der Waals surface area contributed by atoms with Crippen LogP contribution in [0.4, 0.5) is 19.0 Å². The number of anilines is 1. The van der Waals surface area contributed by atoms with Crippen molar-refractivity contribution in [1.29, 1.82) is 0 Å². The second-order valence-electron chi connectivity index (χ2n) is 3.67. The van der Waals surface area contributed by atoms with Gasteiger partial charge in [0.05, 0.1) is 17.3 Å². The number of nitrogen functional groups attached to an aromatic ring is 1. The molecule has 0 aliphatic carbocycles. The van der Waals surface area contributed by atoms with Crippen molar-refractivity contribution in [2.24, 2.45) is 5.84 Å². The lowest BCUT2D eigenvalue weighted by Gasteiger charge is -2.07. The molecular weight excluding hydrogens is 283 g/mol. The molecule has 102 valence electrons. The van der Waals surface area contributed by atoms with Crippen LogP contribution in [0.1, 0.15) is 11.4 Å². The zero-order valence-corrected chi connectivity index (χ0v) is 10.2. The van der Waals surface area contributed by atoms with Crippen molar-refractivity contribution in [2.75, 3.05) is 5.43 Å². The minimum absolute atomic E-state index is 0.0183. The second kappa shape index (κ2) is 5.06. The fraction of sp³-hybridized carbons (Fsp3) is 0.200. The molecule has 5 nitrogen and oxygen atoms in total. The van der Waals surface area contributed by atoms with Crippen LogP contribution in [-0.4, -0.2) is 14.8 Å². The molecule has 0 bridgehead atoms. The maximum absolute atomic E-state index is 12.4. The molecule has 0 radical (unpaired) electrons. The molecule has 0 aromatic carbocycles. The van der Waals surface area contributed by atoms with E-state index in [0.29, 0.717) is 16.5 Å². The van der Waals surface area contributed by atoms with Gasteiger partial charge in [0, 0.05) is 6.20 Å². The van der Waals surface area contributed by atoms with Gasteiger partial charge in [0.1, 0.15) is 5.82 Å². The number of hydrogen-bond donors (Lipinski definition) is 2. The van der Waals surface area contributed by atoms with Gasteiger partial charge in [0.25, 0.3) is 0 Å². The lowest BCUT2D eigenvalue weighted by molar-refractivity contribution is -0.141. The molecule has 2 aromatic rings. The number of halogens is 4. The monoisotopic (exact) mass is 291 g/mol. The third-order valence-corrected chi connectivity index (χ3v) is 2.65. The number of nitrogens with two attached hydrogens (primary N) is 1. The molecule has 0 fully saturated rings. The van der Waals surface area contributed by atoms with Gasteiger partial charge in [0.15, 0.2) is 5.69 Å². The summed E-state index contributed by atoms with van der Waals surface area (Å²) in [6.45, 7) is 0.0183. The van der Waals surface area contributed by atoms with Crippen LogP contribution in [0.15, 0.2) is 24.4 Å². The van der Waals surface area contributed by atoms with Gasteiger partial charge in [-0.3, -0.25) is 4.68 Å². The Hall–Kier alpha value is -1.80. The molecule has 0 unspecified atom stereocenters. The van der Waals surface area contributed by atoms with Gasteiger partial charge >= 0.3 is 6.18 Å². The Bertz CT molecular complexity index is 581. The number of nitrogens with one attached hydrogen (secondary N) is 1. The highest BCUT2D eigenvalue weighted by Crippen LogP contribution is 2.27. The molecule has 0 amide bonds. The van der Waals surface area contributed by atoms with Gasteiger partial charge in [-0.15, -0.1) is 0 Å². The van der Waals surface area contributed by atoms with Crippen molar-refractivity contribution in [3.63, 3.8) is 0 Å². The van der Waals surface area contributed by atoms with Gasteiger partial charge in [-0.25, -0.2) is 10.8 Å². The average Bonchev–Trinajstić information content (AvgIpc) is 2.80. The van der Waals surface area contributed by atoms with Gasteiger partial charge in [-0.05, 0) is 18.2 Å². The topological polar surface area (TPSA) is 68.8 Å². The van der Waals surface area contributed by atoms with Crippen LogP contribution in [0.2, 0.25) is 5.02 Å². The predicted octanol–water partition coefficient (Wildman–Crippen LogP) is 2.28. The highest BCUT2D eigenvalue weighted by atomic mass is 35.5. The van der Waals surface area contributed by atoms with Gasteiger partial charge < -0.3 is 5.43 Å². The van der Waals surface area contributed by atoms with Crippen LogP contribution >= 0.6 is 11.6 Å². The molecule has 0 aliphatic heterocycles. The van der Waals surface area contributed by atoms with E-state index in [4.69, 9.17) is 17.4 Å². The Kier molecular flexibility index (Phi) is 3.63. The first-order valence-electron chi connectivity index (χ1n) is 5.13. The predicted molar refractivity (Wildman–Crippen MR) is 63.4 cm³/mol. The molecule has 2 rings (SSSR count). The van der Waals surface area contributed by atoms with Crippen molar-refractivity contribution < 1.29 is 13.2 Å². The summed E-state index contributed by atoms with van der Waals surface area (Å²) in [7, 11) is 0. The lowest BCUT2D eigenvalue weighted by atomic mass is 10.3. The number of alkyl halides is 3. The molecule has 0 saturated carbocycles. The number of pyridine rings is 1. The maximum Gasteiger partial charge on any atom is 0.435 e. The molecule has 2 aromatic heterocycles. The lowest BCUT2D eigenvalue weighted by Crippen LogP contribution is -2.12. The van der Waals surface area contributed by atoms with Crippen molar-refractivity contribution >= 4 is 17.4 Å². The van der Waals surface area contributed by atoms with E-state index in [9.17, 15) is 13.2 Å². The van der Waals surface area contributed by atoms with Crippen LogP contribution < -0.4 is 11.3 Å². The average molecular weight is 292 g/mol. The van der Waals surface area contributed by atoms with Crippen molar-refractivity contribution in [1.82, 2.24) is 14.8 Å². The highest BCUT2D eigenvalue weighted by Gasteiger charge is 2.33. The Balaban J connectivity index is 2.24.